The molecule has 0 amide bonds. The van der Waals surface area contributed by atoms with Crippen molar-refractivity contribution in [3.63, 3.8) is 0 Å². The van der Waals surface area contributed by atoms with Gasteiger partial charge >= 0.3 is 0 Å². The minimum Gasteiger partial charge on any atom is -0.217 e. The molecule has 0 radical (unpaired) electrons. The average molecular weight is 636 g/mol. The molecular formula is C39H41N9. The number of hydrogen-bond acceptors (Lipinski definition) is 9. The van der Waals surface area contributed by atoms with Gasteiger partial charge in [-0.2, -0.15) is 0 Å². The molecule has 0 aliphatic heterocycles. The first-order chi connectivity index (χ1) is 23.0. The summed E-state index contributed by atoms with van der Waals surface area (Å²) in [5.74, 6) is 6.37. The second-order valence-corrected chi connectivity index (χ2v) is 13.2. The Labute approximate surface area is 282 Å². The summed E-state index contributed by atoms with van der Waals surface area (Å²) in [5, 5.41) is 0. The predicted molar refractivity (Wildman–Crippen MR) is 190 cm³/mol. The molecule has 0 bridgehead atoms. The fraction of sp³-hybridized carbons (Fsp3) is 0.308. The lowest BCUT2D eigenvalue weighted by Crippen LogP contribution is -2.09. The van der Waals surface area contributed by atoms with Gasteiger partial charge in [0.15, 0.2) is 29.1 Å². The van der Waals surface area contributed by atoms with Gasteiger partial charge in [-0.15, -0.1) is 0 Å². The van der Waals surface area contributed by atoms with Crippen LogP contribution in [0.4, 0.5) is 0 Å². The smallest absolute Gasteiger partial charge is 0.164 e. The van der Waals surface area contributed by atoms with E-state index in [1.165, 1.54) is 0 Å². The predicted octanol–water partition coefficient (Wildman–Crippen LogP) is 9.07. The van der Waals surface area contributed by atoms with E-state index in [1.54, 1.807) is 0 Å². The first-order valence-electron chi connectivity index (χ1n) is 16.6. The van der Waals surface area contributed by atoms with Gasteiger partial charge in [0.05, 0.1) is 0 Å². The van der Waals surface area contributed by atoms with Gasteiger partial charge in [0, 0.05) is 51.5 Å². The Hall–Kier alpha value is -5.31. The molecule has 3 heterocycles. The third-order valence-electron chi connectivity index (χ3n) is 7.81. The van der Waals surface area contributed by atoms with E-state index in [-0.39, 0.29) is 23.7 Å². The average Bonchev–Trinajstić information content (AvgIpc) is 3.11. The number of benzene rings is 3. The summed E-state index contributed by atoms with van der Waals surface area (Å²) in [5.41, 5.74) is 4.17. The molecule has 242 valence electrons. The molecule has 0 aliphatic rings. The third kappa shape index (κ3) is 7.15. The molecule has 6 aromatic rings. The lowest BCUT2D eigenvalue weighted by atomic mass is 10.0. The Morgan fingerprint density at radius 2 is 0.542 bits per heavy atom. The molecule has 0 saturated heterocycles. The van der Waals surface area contributed by atoms with E-state index in [0.29, 0.717) is 29.1 Å². The van der Waals surface area contributed by atoms with Gasteiger partial charge in [-0.3, -0.25) is 0 Å². The second-order valence-electron chi connectivity index (χ2n) is 13.2. The van der Waals surface area contributed by atoms with Crippen LogP contribution in [-0.2, 0) is 0 Å². The topological polar surface area (TPSA) is 116 Å². The summed E-state index contributed by atoms with van der Waals surface area (Å²) in [6.07, 6.45) is 0. The number of hydrogen-bond donors (Lipinski definition) is 0. The van der Waals surface area contributed by atoms with Crippen molar-refractivity contribution in [2.45, 2.75) is 79.1 Å². The van der Waals surface area contributed by atoms with Gasteiger partial charge in [-0.1, -0.05) is 116 Å². The van der Waals surface area contributed by atoms with E-state index in [2.05, 4.69) is 55.4 Å². The zero-order chi connectivity index (χ0) is 33.9. The van der Waals surface area contributed by atoms with Crippen molar-refractivity contribution in [2.75, 3.05) is 0 Å². The Morgan fingerprint density at radius 3 is 0.812 bits per heavy atom. The minimum absolute atomic E-state index is 0.128. The van der Waals surface area contributed by atoms with Crippen molar-refractivity contribution < 1.29 is 0 Å². The maximum Gasteiger partial charge on any atom is 0.164 e. The molecule has 48 heavy (non-hydrogen) atoms. The summed E-state index contributed by atoms with van der Waals surface area (Å²) in [4.78, 5) is 44.3. The summed E-state index contributed by atoms with van der Waals surface area (Å²) in [6, 6.07) is 26.1. The SMILES string of the molecule is CC(C)c1nc(-c2cc(-c3nc(-c4ccccc4)nc(-c4ccccc4)n3)cc(-c3nc(C(C)C)nc(C(C)C)n3)c2)nc(C(C)C)n1. The summed E-state index contributed by atoms with van der Waals surface area (Å²) in [6.45, 7) is 16.8. The van der Waals surface area contributed by atoms with E-state index < -0.39 is 0 Å². The Balaban J connectivity index is 1.64. The van der Waals surface area contributed by atoms with Crippen LogP contribution in [0.15, 0.2) is 78.9 Å². The van der Waals surface area contributed by atoms with Crippen LogP contribution in [0.1, 0.15) is 102 Å². The fourth-order valence-corrected chi connectivity index (χ4v) is 5.06. The molecule has 9 nitrogen and oxygen atoms in total. The van der Waals surface area contributed by atoms with Crippen LogP contribution in [-0.4, -0.2) is 44.9 Å². The van der Waals surface area contributed by atoms with Gasteiger partial charge in [0.25, 0.3) is 0 Å². The quantitative estimate of drug-likeness (QED) is 0.153. The van der Waals surface area contributed by atoms with E-state index in [0.717, 1.165) is 51.1 Å². The highest BCUT2D eigenvalue weighted by Gasteiger charge is 2.20. The largest absolute Gasteiger partial charge is 0.217 e. The maximum atomic E-state index is 5.02. The standard InChI is InChI=1S/C39H41N9/c1-22(2)31-40-32(23(3)4)43-37(42-31)28-19-29(38-44-33(24(5)6)41-34(45-38)25(7)8)21-30(20-28)39-47-35(26-15-11-9-12-16-26)46-36(48-39)27-17-13-10-14-18-27/h9-25H,1-8H3. The van der Waals surface area contributed by atoms with Crippen molar-refractivity contribution in [2.24, 2.45) is 0 Å². The monoisotopic (exact) mass is 635 g/mol. The summed E-state index contributed by atoms with van der Waals surface area (Å²) < 4.78 is 0. The number of aromatic nitrogens is 9. The van der Waals surface area contributed by atoms with E-state index in [9.17, 15) is 0 Å². The van der Waals surface area contributed by atoms with Gasteiger partial charge < -0.3 is 0 Å². The summed E-state index contributed by atoms with van der Waals surface area (Å²) >= 11 is 0. The van der Waals surface area contributed by atoms with Crippen molar-refractivity contribution in [3.8, 4) is 56.9 Å². The van der Waals surface area contributed by atoms with Gasteiger partial charge in [-0.05, 0) is 18.2 Å². The first-order valence-corrected chi connectivity index (χ1v) is 16.6. The van der Waals surface area contributed by atoms with Gasteiger partial charge in [0.1, 0.15) is 23.3 Å². The number of rotatable bonds is 9. The normalized spacial score (nSPS) is 11.7. The lowest BCUT2D eigenvalue weighted by molar-refractivity contribution is 0.696. The van der Waals surface area contributed by atoms with Crippen molar-refractivity contribution in [1.82, 2.24) is 44.9 Å². The minimum atomic E-state index is 0.128. The van der Waals surface area contributed by atoms with Crippen molar-refractivity contribution in [1.29, 1.82) is 0 Å². The zero-order valence-corrected chi connectivity index (χ0v) is 28.8. The Morgan fingerprint density at radius 1 is 0.292 bits per heavy atom. The number of nitrogens with zero attached hydrogens (tertiary/aromatic N) is 9. The molecule has 9 heteroatoms. The molecule has 0 saturated carbocycles. The van der Waals surface area contributed by atoms with Crippen molar-refractivity contribution in [3.05, 3.63) is 102 Å². The Kier molecular flexibility index (Phi) is 9.39. The first kappa shape index (κ1) is 32.6. The second kappa shape index (κ2) is 13.8. The molecule has 0 fully saturated rings. The van der Waals surface area contributed by atoms with Crippen LogP contribution in [0.2, 0.25) is 0 Å². The molecule has 0 spiro atoms. The maximum absolute atomic E-state index is 5.02. The van der Waals surface area contributed by atoms with Crippen LogP contribution >= 0.6 is 0 Å². The molecule has 0 aliphatic carbocycles. The molecule has 0 N–H and O–H groups in total. The van der Waals surface area contributed by atoms with Crippen LogP contribution in [0.25, 0.3) is 56.9 Å². The van der Waals surface area contributed by atoms with E-state index in [1.807, 2.05) is 78.9 Å². The van der Waals surface area contributed by atoms with Crippen LogP contribution in [0.5, 0.6) is 0 Å². The van der Waals surface area contributed by atoms with Crippen LogP contribution in [0.3, 0.4) is 0 Å². The Bertz CT molecular complexity index is 1850. The fourth-order valence-electron chi connectivity index (χ4n) is 5.06. The van der Waals surface area contributed by atoms with Crippen molar-refractivity contribution >= 4 is 0 Å². The van der Waals surface area contributed by atoms with Crippen LogP contribution in [0, 0.1) is 0 Å². The molecule has 3 aromatic heterocycles. The highest BCUT2D eigenvalue weighted by atomic mass is 15.1. The van der Waals surface area contributed by atoms with E-state index in [4.69, 9.17) is 44.9 Å². The lowest BCUT2D eigenvalue weighted by Gasteiger charge is -2.15. The highest BCUT2D eigenvalue weighted by molar-refractivity contribution is 5.76. The van der Waals surface area contributed by atoms with E-state index >= 15 is 0 Å². The molecular weight excluding hydrogens is 594 g/mol. The molecule has 3 aromatic carbocycles. The van der Waals surface area contributed by atoms with Crippen LogP contribution < -0.4 is 0 Å². The molecule has 6 rings (SSSR count). The van der Waals surface area contributed by atoms with Gasteiger partial charge in [-0.25, -0.2) is 44.9 Å². The van der Waals surface area contributed by atoms with Gasteiger partial charge in [0.2, 0.25) is 0 Å². The highest BCUT2D eigenvalue weighted by Crippen LogP contribution is 2.33. The third-order valence-corrected chi connectivity index (χ3v) is 7.81. The molecule has 0 atom stereocenters. The zero-order valence-electron chi connectivity index (χ0n) is 28.8. The summed E-state index contributed by atoms with van der Waals surface area (Å²) in [7, 11) is 0. The molecule has 0 unspecified atom stereocenters.